The molecule has 1 aliphatic heterocycles. The molecule has 2 aromatic carbocycles. The Morgan fingerprint density at radius 1 is 0.857 bits per heavy atom. The predicted molar refractivity (Wildman–Crippen MR) is 117 cm³/mol. The summed E-state index contributed by atoms with van der Waals surface area (Å²) in [5.41, 5.74) is 2.12. The monoisotopic (exact) mass is 398 g/mol. The van der Waals surface area contributed by atoms with Gasteiger partial charge in [0.15, 0.2) is 17.2 Å². The van der Waals surface area contributed by atoms with E-state index in [0.29, 0.717) is 13.2 Å². The van der Waals surface area contributed by atoms with Crippen LogP contribution in [0, 0.1) is 0 Å². The molecule has 0 fully saturated rings. The Morgan fingerprint density at radius 3 is 2.11 bits per heavy atom. The van der Waals surface area contributed by atoms with Crippen LogP contribution in [-0.2, 0) is 0 Å². The second-order valence-electron chi connectivity index (χ2n) is 8.51. The highest BCUT2D eigenvalue weighted by Crippen LogP contribution is 2.40. The molecule has 0 bridgehead atoms. The van der Waals surface area contributed by atoms with Crippen molar-refractivity contribution in [3.8, 4) is 23.0 Å². The SMILES string of the molecule is COc1ccc(/C=C\c2ccc3c(c2)OCCO3)cc1O[Si](C)(C)C(C)(C)C. The first-order chi connectivity index (χ1) is 13.2. The van der Waals surface area contributed by atoms with Crippen LogP contribution < -0.4 is 18.6 Å². The fourth-order valence-corrected chi connectivity index (χ4v) is 3.68. The van der Waals surface area contributed by atoms with Crippen molar-refractivity contribution in [1.82, 2.24) is 0 Å². The molecule has 0 spiro atoms. The Kier molecular flexibility index (Phi) is 5.75. The van der Waals surface area contributed by atoms with Crippen LogP contribution in [0.1, 0.15) is 31.9 Å². The summed E-state index contributed by atoms with van der Waals surface area (Å²) in [6, 6.07) is 12.0. The van der Waals surface area contributed by atoms with Crippen LogP contribution in [0.3, 0.4) is 0 Å². The van der Waals surface area contributed by atoms with Crippen molar-refractivity contribution < 1.29 is 18.6 Å². The van der Waals surface area contributed by atoms with E-state index in [-0.39, 0.29) is 5.04 Å². The van der Waals surface area contributed by atoms with E-state index in [1.807, 2.05) is 36.4 Å². The summed E-state index contributed by atoms with van der Waals surface area (Å²) in [6.07, 6.45) is 4.14. The molecule has 150 valence electrons. The molecule has 0 aromatic heterocycles. The molecular formula is C23H30O4Si. The van der Waals surface area contributed by atoms with E-state index in [2.05, 4.69) is 46.0 Å². The Labute approximate surface area is 169 Å². The molecule has 0 saturated carbocycles. The molecule has 0 atom stereocenters. The first-order valence-corrected chi connectivity index (χ1v) is 12.6. The lowest BCUT2D eigenvalue weighted by Gasteiger charge is -2.36. The number of methoxy groups -OCH3 is 1. The van der Waals surface area contributed by atoms with Crippen molar-refractivity contribution in [2.24, 2.45) is 0 Å². The lowest BCUT2D eigenvalue weighted by Crippen LogP contribution is -2.43. The highest BCUT2D eigenvalue weighted by molar-refractivity contribution is 6.74. The number of ether oxygens (including phenoxy) is 3. The lowest BCUT2D eigenvalue weighted by atomic mass is 10.1. The fraction of sp³-hybridized carbons (Fsp3) is 0.391. The highest BCUT2D eigenvalue weighted by atomic mass is 28.4. The van der Waals surface area contributed by atoms with Crippen LogP contribution in [0.25, 0.3) is 12.2 Å². The van der Waals surface area contributed by atoms with Crippen molar-refractivity contribution in [2.75, 3.05) is 20.3 Å². The van der Waals surface area contributed by atoms with Gasteiger partial charge in [0.05, 0.1) is 7.11 Å². The molecule has 0 aliphatic carbocycles. The maximum Gasteiger partial charge on any atom is 0.250 e. The molecule has 1 aliphatic rings. The van der Waals surface area contributed by atoms with Gasteiger partial charge in [0.25, 0.3) is 8.32 Å². The summed E-state index contributed by atoms with van der Waals surface area (Å²) >= 11 is 0. The Bertz CT molecular complexity index is 865. The minimum Gasteiger partial charge on any atom is -0.541 e. The summed E-state index contributed by atoms with van der Waals surface area (Å²) < 4.78 is 23.3. The van der Waals surface area contributed by atoms with E-state index in [0.717, 1.165) is 34.1 Å². The maximum absolute atomic E-state index is 6.50. The van der Waals surface area contributed by atoms with Gasteiger partial charge in [0.2, 0.25) is 0 Å². The average Bonchev–Trinajstić information content (AvgIpc) is 2.65. The van der Waals surface area contributed by atoms with E-state index in [1.165, 1.54) is 0 Å². The van der Waals surface area contributed by atoms with Gasteiger partial charge in [0, 0.05) is 0 Å². The third kappa shape index (κ3) is 4.53. The first kappa shape index (κ1) is 20.3. The normalized spacial score (nSPS) is 14.2. The van der Waals surface area contributed by atoms with E-state index in [1.54, 1.807) is 7.11 Å². The molecule has 3 rings (SSSR count). The van der Waals surface area contributed by atoms with Gasteiger partial charge in [-0.3, -0.25) is 0 Å². The number of hydrogen-bond donors (Lipinski definition) is 0. The first-order valence-electron chi connectivity index (χ1n) is 9.64. The quantitative estimate of drug-likeness (QED) is 0.456. The third-order valence-electron chi connectivity index (χ3n) is 5.39. The molecular weight excluding hydrogens is 368 g/mol. The van der Waals surface area contributed by atoms with Crippen LogP contribution >= 0.6 is 0 Å². The third-order valence-corrected chi connectivity index (χ3v) is 9.74. The van der Waals surface area contributed by atoms with E-state index in [9.17, 15) is 0 Å². The van der Waals surface area contributed by atoms with Gasteiger partial charge >= 0.3 is 0 Å². The van der Waals surface area contributed by atoms with Crippen LogP contribution in [-0.4, -0.2) is 28.6 Å². The topological polar surface area (TPSA) is 36.9 Å². The molecule has 1 heterocycles. The van der Waals surface area contributed by atoms with Gasteiger partial charge in [0.1, 0.15) is 19.0 Å². The van der Waals surface area contributed by atoms with Crippen LogP contribution in [0.4, 0.5) is 0 Å². The summed E-state index contributed by atoms with van der Waals surface area (Å²) in [5, 5.41) is 0.120. The zero-order chi connectivity index (χ0) is 20.4. The number of rotatable bonds is 5. The molecule has 0 amide bonds. The maximum atomic E-state index is 6.50. The Balaban J connectivity index is 1.84. The summed E-state index contributed by atoms with van der Waals surface area (Å²) in [6.45, 7) is 12.4. The largest absolute Gasteiger partial charge is 0.541 e. The molecule has 2 aromatic rings. The molecule has 0 saturated heterocycles. The smallest absolute Gasteiger partial charge is 0.250 e. The van der Waals surface area contributed by atoms with Crippen molar-refractivity contribution in [1.29, 1.82) is 0 Å². The van der Waals surface area contributed by atoms with Gasteiger partial charge < -0.3 is 18.6 Å². The van der Waals surface area contributed by atoms with Crippen LogP contribution in [0.15, 0.2) is 36.4 Å². The van der Waals surface area contributed by atoms with Crippen molar-refractivity contribution in [3.05, 3.63) is 47.5 Å². The molecule has 28 heavy (non-hydrogen) atoms. The van der Waals surface area contributed by atoms with Crippen LogP contribution in [0.2, 0.25) is 18.1 Å². The zero-order valence-corrected chi connectivity index (χ0v) is 18.7. The summed E-state index contributed by atoms with van der Waals surface area (Å²) in [4.78, 5) is 0. The zero-order valence-electron chi connectivity index (χ0n) is 17.7. The average molecular weight is 399 g/mol. The van der Waals surface area contributed by atoms with Gasteiger partial charge in [-0.15, -0.1) is 0 Å². The van der Waals surface area contributed by atoms with Gasteiger partial charge in [-0.2, -0.15) is 0 Å². The predicted octanol–water partition coefficient (Wildman–Crippen LogP) is 6.02. The van der Waals surface area contributed by atoms with Crippen molar-refractivity contribution >= 4 is 20.5 Å². The van der Waals surface area contributed by atoms with E-state index in [4.69, 9.17) is 18.6 Å². The van der Waals surface area contributed by atoms with Gasteiger partial charge in [-0.1, -0.05) is 45.1 Å². The molecule has 0 unspecified atom stereocenters. The number of fused-ring (bicyclic) bond motifs is 1. The number of benzene rings is 2. The van der Waals surface area contributed by atoms with Gasteiger partial charge in [-0.25, -0.2) is 0 Å². The second-order valence-corrected chi connectivity index (χ2v) is 13.2. The summed E-state index contributed by atoms with van der Waals surface area (Å²) in [5.74, 6) is 3.17. The molecule has 4 nitrogen and oxygen atoms in total. The second kappa shape index (κ2) is 7.92. The minimum atomic E-state index is -1.95. The number of hydrogen-bond acceptors (Lipinski definition) is 4. The molecule has 0 radical (unpaired) electrons. The standard InChI is InChI=1S/C23H30O4Si/c1-23(2,3)28(5,6)27-22-16-18(9-11-19(22)24-4)8-7-17-10-12-20-21(15-17)26-14-13-25-20/h7-12,15-16H,13-14H2,1-6H3/b8-7-. The fourth-order valence-electron chi connectivity index (χ4n) is 2.66. The Hall–Kier alpha value is -2.40. The summed E-state index contributed by atoms with van der Waals surface area (Å²) in [7, 11) is -0.275. The lowest BCUT2D eigenvalue weighted by molar-refractivity contribution is 0.171. The molecule has 0 N–H and O–H groups in total. The Morgan fingerprint density at radius 2 is 1.46 bits per heavy atom. The van der Waals surface area contributed by atoms with E-state index < -0.39 is 8.32 Å². The van der Waals surface area contributed by atoms with Crippen LogP contribution in [0.5, 0.6) is 23.0 Å². The highest BCUT2D eigenvalue weighted by Gasteiger charge is 2.39. The molecule has 5 heteroatoms. The van der Waals surface area contributed by atoms with E-state index >= 15 is 0 Å². The van der Waals surface area contributed by atoms with Crippen molar-refractivity contribution in [2.45, 2.75) is 38.9 Å². The van der Waals surface area contributed by atoms with Crippen molar-refractivity contribution in [3.63, 3.8) is 0 Å². The van der Waals surface area contributed by atoms with Gasteiger partial charge in [-0.05, 0) is 53.5 Å². The minimum absolute atomic E-state index is 0.120.